The Bertz CT molecular complexity index is 225. The van der Waals surface area contributed by atoms with Gasteiger partial charge in [-0.3, -0.25) is 4.79 Å². The number of hydrogen-bond acceptors (Lipinski definition) is 3. The number of methoxy groups -OCH3 is 1. The fourth-order valence-electron chi connectivity index (χ4n) is 2.22. The molecule has 0 spiro atoms. The van der Waals surface area contributed by atoms with Crippen molar-refractivity contribution in [3.63, 3.8) is 0 Å². The van der Waals surface area contributed by atoms with Gasteiger partial charge in [0.25, 0.3) is 0 Å². The lowest BCUT2D eigenvalue weighted by atomic mass is 10.0. The average Bonchev–Trinajstić information content (AvgIpc) is 2.76. The van der Waals surface area contributed by atoms with E-state index in [0.29, 0.717) is 31.4 Å². The highest BCUT2D eigenvalue weighted by molar-refractivity contribution is 5.76. The first-order valence-electron chi connectivity index (χ1n) is 6.61. The number of rotatable bonds is 7. The SMILES string of the molecule is COCCN(CC(C)C)C(=O)CC1CCNC1. The van der Waals surface area contributed by atoms with Gasteiger partial charge in [0.05, 0.1) is 6.61 Å². The van der Waals surface area contributed by atoms with Crippen LogP contribution in [-0.4, -0.2) is 50.7 Å². The molecule has 1 aliphatic rings. The number of hydrogen-bond donors (Lipinski definition) is 1. The van der Waals surface area contributed by atoms with E-state index in [1.807, 2.05) is 4.90 Å². The van der Waals surface area contributed by atoms with Crippen molar-refractivity contribution in [1.29, 1.82) is 0 Å². The van der Waals surface area contributed by atoms with E-state index in [4.69, 9.17) is 4.74 Å². The Morgan fingerprint density at radius 1 is 1.53 bits per heavy atom. The fourth-order valence-corrected chi connectivity index (χ4v) is 2.22. The molecule has 100 valence electrons. The number of ether oxygens (including phenoxy) is 1. The molecule has 1 heterocycles. The maximum atomic E-state index is 12.2. The van der Waals surface area contributed by atoms with Crippen molar-refractivity contribution in [3.8, 4) is 0 Å². The fraction of sp³-hybridized carbons (Fsp3) is 0.923. The average molecular weight is 242 g/mol. The molecule has 1 N–H and O–H groups in total. The first-order chi connectivity index (χ1) is 8.13. The minimum absolute atomic E-state index is 0.282. The lowest BCUT2D eigenvalue weighted by Crippen LogP contribution is -2.37. The smallest absolute Gasteiger partial charge is 0.222 e. The molecule has 4 heteroatoms. The molecule has 17 heavy (non-hydrogen) atoms. The van der Waals surface area contributed by atoms with Crippen molar-refractivity contribution in [2.24, 2.45) is 11.8 Å². The van der Waals surface area contributed by atoms with Crippen molar-refractivity contribution in [2.45, 2.75) is 26.7 Å². The van der Waals surface area contributed by atoms with E-state index in [1.54, 1.807) is 7.11 Å². The van der Waals surface area contributed by atoms with Gasteiger partial charge in [0.15, 0.2) is 0 Å². The van der Waals surface area contributed by atoms with Crippen LogP contribution in [0.1, 0.15) is 26.7 Å². The van der Waals surface area contributed by atoms with E-state index >= 15 is 0 Å². The van der Waals surface area contributed by atoms with Gasteiger partial charge in [0.2, 0.25) is 5.91 Å². The van der Waals surface area contributed by atoms with Gasteiger partial charge in [-0.2, -0.15) is 0 Å². The van der Waals surface area contributed by atoms with Crippen molar-refractivity contribution in [3.05, 3.63) is 0 Å². The molecule has 1 fully saturated rings. The summed E-state index contributed by atoms with van der Waals surface area (Å²) in [6, 6.07) is 0. The first kappa shape index (κ1) is 14.5. The number of carbonyl (C=O) groups is 1. The molecule has 0 aromatic rings. The summed E-state index contributed by atoms with van der Waals surface area (Å²) < 4.78 is 5.07. The zero-order valence-electron chi connectivity index (χ0n) is 11.4. The Hall–Kier alpha value is -0.610. The molecule has 0 aromatic heterocycles. The molecule has 1 amide bonds. The Labute approximate surface area is 105 Å². The molecular weight excluding hydrogens is 216 g/mol. The second-order valence-electron chi connectivity index (χ2n) is 5.29. The largest absolute Gasteiger partial charge is 0.383 e. The van der Waals surface area contributed by atoms with E-state index in [9.17, 15) is 4.79 Å². The topological polar surface area (TPSA) is 41.6 Å². The number of nitrogens with one attached hydrogen (secondary N) is 1. The third-order valence-corrected chi connectivity index (χ3v) is 3.13. The normalized spacial score (nSPS) is 19.9. The van der Waals surface area contributed by atoms with Crippen LogP contribution < -0.4 is 5.32 Å². The van der Waals surface area contributed by atoms with Gasteiger partial charge in [-0.15, -0.1) is 0 Å². The summed E-state index contributed by atoms with van der Waals surface area (Å²) in [6.07, 6.45) is 1.81. The monoisotopic (exact) mass is 242 g/mol. The maximum Gasteiger partial charge on any atom is 0.222 e. The third-order valence-electron chi connectivity index (χ3n) is 3.13. The van der Waals surface area contributed by atoms with Crippen molar-refractivity contribution in [2.75, 3.05) is 39.9 Å². The number of nitrogens with zero attached hydrogens (tertiary/aromatic N) is 1. The van der Waals surface area contributed by atoms with Gasteiger partial charge in [-0.05, 0) is 31.3 Å². The molecule has 1 atom stereocenters. The Morgan fingerprint density at radius 3 is 2.82 bits per heavy atom. The number of carbonyl (C=O) groups excluding carboxylic acids is 1. The maximum absolute atomic E-state index is 12.2. The van der Waals surface area contributed by atoms with E-state index in [1.165, 1.54) is 0 Å². The summed E-state index contributed by atoms with van der Waals surface area (Å²) in [5, 5.41) is 3.31. The highest BCUT2D eigenvalue weighted by Gasteiger charge is 2.22. The summed E-state index contributed by atoms with van der Waals surface area (Å²) in [4.78, 5) is 14.1. The Balaban J connectivity index is 2.39. The van der Waals surface area contributed by atoms with E-state index in [0.717, 1.165) is 26.1 Å². The molecule has 1 rings (SSSR count). The van der Waals surface area contributed by atoms with Crippen LogP contribution in [0.3, 0.4) is 0 Å². The van der Waals surface area contributed by atoms with Crippen molar-refractivity contribution < 1.29 is 9.53 Å². The molecule has 0 saturated carbocycles. The zero-order valence-corrected chi connectivity index (χ0v) is 11.4. The summed E-state index contributed by atoms with van der Waals surface area (Å²) in [7, 11) is 1.68. The van der Waals surface area contributed by atoms with Gasteiger partial charge in [0.1, 0.15) is 0 Å². The summed E-state index contributed by atoms with van der Waals surface area (Å²) in [5.74, 6) is 1.32. The van der Waals surface area contributed by atoms with Crippen LogP contribution in [0.4, 0.5) is 0 Å². The highest BCUT2D eigenvalue weighted by atomic mass is 16.5. The molecule has 0 aliphatic carbocycles. The van der Waals surface area contributed by atoms with Gasteiger partial charge in [0, 0.05) is 26.6 Å². The van der Waals surface area contributed by atoms with E-state index < -0.39 is 0 Å². The minimum Gasteiger partial charge on any atom is -0.383 e. The van der Waals surface area contributed by atoms with Gasteiger partial charge in [-0.25, -0.2) is 0 Å². The second-order valence-corrected chi connectivity index (χ2v) is 5.29. The quantitative estimate of drug-likeness (QED) is 0.727. The first-order valence-corrected chi connectivity index (χ1v) is 6.61. The Kier molecular flexibility index (Phi) is 6.52. The van der Waals surface area contributed by atoms with Gasteiger partial charge >= 0.3 is 0 Å². The molecule has 1 unspecified atom stereocenters. The lowest BCUT2D eigenvalue weighted by Gasteiger charge is -2.25. The van der Waals surface area contributed by atoms with Crippen molar-refractivity contribution >= 4 is 5.91 Å². The zero-order chi connectivity index (χ0) is 12.7. The minimum atomic E-state index is 0.282. The van der Waals surface area contributed by atoms with Crippen LogP contribution >= 0.6 is 0 Å². The second kappa shape index (κ2) is 7.67. The van der Waals surface area contributed by atoms with Crippen LogP contribution in [-0.2, 0) is 9.53 Å². The Morgan fingerprint density at radius 2 is 2.29 bits per heavy atom. The van der Waals surface area contributed by atoms with Crippen LogP contribution in [0.25, 0.3) is 0 Å². The molecule has 4 nitrogen and oxygen atoms in total. The summed E-state index contributed by atoms with van der Waals surface area (Å²) in [6.45, 7) is 8.51. The predicted molar refractivity (Wildman–Crippen MR) is 68.9 cm³/mol. The van der Waals surface area contributed by atoms with Crippen LogP contribution in [0.15, 0.2) is 0 Å². The molecule has 1 saturated heterocycles. The van der Waals surface area contributed by atoms with Gasteiger partial charge in [-0.1, -0.05) is 13.8 Å². The molecule has 0 aromatic carbocycles. The van der Waals surface area contributed by atoms with Crippen molar-refractivity contribution in [1.82, 2.24) is 10.2 Å². The van der Waals surface area contributed by atoms with Crippen LogP contribution in [0.5, 0.6) is 0 Å². The standard InChI is InChI=1S/C13H26N2O2/c1-11(2)10-15(6-7-17-3)13(16)8-12-4-5-14-9-12/h11-12,14H,4-10H2,1-3H3. The lowest BCUT2D eigenvalue weighted by molar-refractivity contribution is -0.133. The predicted octanol–water partition coefficient (Wildman–Crippen LogP) is 1.12. The molecule has 1 aliphatic heterocycles. The molecule has 0 radical (unpaired) electrons. The third kappa shape index (κ3) is 5.50. The van der Waals surface area contributed by atoms with E-state index in [-0.39, 0.29) is 5.91 Å². The van der Waals surface area contributed by atoms with E-state index in [2.05, 4.69) is 19.2 Å². The summed E-state index contributed by atoms with van der Waals surface area (Å²) in [5.41, 5.74) is 0. The molecular formula is C13H26N2O2. The summed E-state index contributed by atoms with van der Waals surface area (Å²) >= 11 is 0. The number of amides is 1. The molecule has 0 bridgehead atoms. The van der Waals surface area contributed by atoms with Crippen LogP contribution in [0, 0.1) is 11.8 Å². The van der Waals surface area contributed by atoms with Crippen LogP contribution in [0.2, 0.25) is 0 Å². The highest BCUT2D eigenvalue weighted by Crippen LogP contribution is 2.14. The van der Waals surface area contributed by atoms with Gasteiger partial charge < -0.3 is 15.0 Å².